The molecular weight excluding hydrogens is 438 g/mol. The van der Waals surface area contributed by atoms with Gasteiger partial charge in [-0.1, -0.05) is 32.1 Å². The van der Waals surface area contributed by atoms with Gasteiger partial charge in [0, 0.05) is 37.8 Å². The fourth-order valence-electron chi connectivity index (χ4n) is 5.69. The second-order valence-electron chi connectivity index (χ2n) is 9.99. The van der Waals surface area contributed by atoms with Gasteiger partial charge in [0.25, 0.3) is 0 Å². The molecule has 0 bridgehead atoms. The molecule has 0 spiro atoms. The summed E-state index contributed by atoms with van der Waals surface area (Å²) in [5.41, 5.74) is 1.68. The van der Waals surface area contributed by atoms with Gasteiger partial charge in [-0.25, -0.2) is 8.42 Å². The van der Waals surface area contributed by atoms with E-state index in [1.54, 1.807) is 23.1 Å². The molecule has 4 rings (SSSR count). The zero-order chi connectivity index (χ0) is 23.6. The molecule has 7 nitrogen and oxygen atoms in total. The third-order valence-electron chi connectivity index (χ3n) is 7.45. The number of fused-ring (bicyclic) bond motifs is 1. The summed E-state index contributed by atoms with van der Waals surface area (Å²) in [5.74, 6) is -0.340. The Balaban J connectivity index is 1.45. The lowest BCUT2D eigenvalue weighted by molar-refractivity contribution is -0.127. The monoisotopic (exact) mass is 475 g/mol. The van der Waals surface area contributed by atoms with Crippen molar-refractivity contribution in [2.75, 3.05) is 18.0 Å². The second kappa shape index (κ2) is 10.1. The Morgan fingerprint density at radius 3 is 2.39 bits per heavy atom. The fourth-order valence-corrected chi connectivity index (χ4v) is 7.27. The number of carbonyl (C=O) groups is 2. The van der Waals surface area contributed by atoms with Gasteiger partial charge in [0.2, 0.25) is 21.8 Å². The first-order valence-corrected chi connectivity index (χ1v) is 13.9. The molecule has 33 heavy (non-hydrogen) atoms. The molecular formula is C25H37N3O4S. The van der Waals surface area contributed by atoms with E-state index in [0.29, 0.717) is 19.4 Å². The maximum atomic E-state index is 13.4. The summed E-state index contributed by atoms with van der Waals surface area (Å²) in [4.78, 5) is 27.0. The first-order valence-electron chi connectivity index (χ1n) is 12.5. The first-order chi connectivity index (χ1) is 15.8. The highest BCUT2D eigenvalue weighted by molar-refractivity contribution is 7.89. The average molecular weight is 476 g/mol. The summed E-state index contributed by atoms with van der Waals surface area (Å²) in [6, 6.07) is 5.29. The molecule has 182 valence electrons. The third-order valence-corrected chi connectivity index (χ3v) is 9.31. The minimum absolute atomic E-state index is 0.000326. The molecule has 2 aliphatic heterocycles. The lowest BCUT2D eigenvalue weighted by Gasteiger charge is -2.32. The van der Waals surface area contributed by atoms with E-state index in [0.717, 1.165) is 43.4 Å². The smallest absolute Gasteiger partial charge is 0.243 e. The summed E-state index contributed by atoms with van der Waals surface area (Å²) in [6.07, 6.45) is 10.1. The number of anilines is 1. The number of benzene rings is 1. The van der Waals surface area contributed by atoms with Crippen LogP contribution in [0, 0.1) is 5.92 Å². The second-order valence-corrected chi connectivity index (χ2v) is 11.9. The standard InChI is InChI=1S/C25H37N3O4S/c1-18-15-21-16-23(12-13-24(21)28(18)19(2)29)33(31,32)27-14-8-9-20(17-27)25(30)26-22-10-6-4-3-5-7-11-22/h12-13,16,18,20,22H,3-11,14-15,17H2,1-2H3,(H,26,30). The largest absolute Gasteiger partial charge is 0.353 e. The van der Waals surface area contributed by atoms with E-state index in [2.05, 4.69) is 5.32 Å². The number of nitrogens with zero attached hydrogens (tertiary/aromatic N) is 2. The van der Waals surface area contributed by atoms with Crippen molar-refractivity contribution in [1.29, 1.82) is 0 Å². The normalized spacial score (nSPS) is 25.2. The summed E-state index contributed by atoms with van der Waals surface area (Å²) < 4.78 is 28.4. The highest BCUT2D eigenvalue weighted by Gasteiger charge is 2.36. The molecule has 2 atom stereocenters. The maximum absolute atomic E-state index is 13.4. The van der Waals surface area contributed by atoms with Crippen LogP contribution in [0.1, 0.15) is 77.2 Å². The van der Waals surface area contributed by atoms with Gasteiger partial charge in [-0.05, 0) is 62.8 Å². The van der Waals surface area contributed by atoms with Gasteiger partial charge in [-0.15, -0.1) is 0 Å². The predicted molar refractivity (Wildman–Crippen MR) is 129 cm³/mol. The van der Waals surface area contributed by atoms with Crippen molar-refractivity contribution in [2.24, 2.45) is 5.92 Å². The van der Waals surface area contributed by atoms with E-state index >= 15 is 0 Å². The molecule has 0 radical (unpaired) electrons. The van der Waals surface area contributed by atoms with Crippen molar-refractivity contribution in [1.82, 2.24) is 9.62 Å². The van der Waals surface area contributed by atoms with Gasteiger partial charge in [-0.2, -0.15) is 4.31 Å². The van der Waals surface area contributed by atoms with Gasteiger partial charge < -0.3 is 10.2 Å². The van der Waals surface area contributed by atoms with Crippen molar-refractivity contribution >= 4 is 27.5 Å². The Morgan fingerprint density at radius 1 is 1.00 bits per heavy atom. The molecule has 1 saturated heterocycles. The van der Waals surface area contributed by atoms with Crippen molar-refractivity contribution < 1.29 is 18.0 Å². The fraction of sp³-hybridized carbons (Fsp3) is 0.680. The number of hydrogen-bond acceptors (Lipinski definition) is 4. The molecule has 2 unspecified atom stereocenters. The topological polar surface area (TPSA) is 86.8 Å². The Hall–Kier alpha value is -1.93. The van der Waals surface area contributed by atoms with Crippen LogP contribution in [-0.4, -0.2) is 49.7 Å². The quantitative estimate of drug-likeness (QED) is 0.721. The molecule has 0 aromatic heterocycles. The van der Waals surface area contributed by atoms with Crippen LogP contribution in [0.4, 0.5) is 5.69 Å². The Labute approximate surface area is 198 Å². The third kappa shape index (κ3) is 5.27. The maximum Gasteiger partial charge on any atom is 0.243 e. The van der Waals surface area contributed by atoms with E-state index in [-0.39, 0.29) is 41.3 Å². The van der Waals surface area contributed by atoms with Gasteiger partial charge in [0.1, 0.15) is 0 Å². The van der Waals surface area contributed by atoms with Crippen LogP contribution >= 0.6 is 0 Å². The summed E-state index contributed by atoms with van der Waals surface area (Å²) in [6.45, 7) is 4.17. The zero-order valence-electron chi connectivity index (χ0n) is 19.9. The molecule has 1 aliphatic carbocycles. The van der Waals surface area contributed by atoms with Crippen molar-refractivity contribution in [3.05, 3.63) is 23.8 Å². The minimum Gasteiger partial charge on any atom is -0.353 e. The highest BCUT2D eigenvalue weighted by Crippen LogP contribution is 2.35. The van der Waals surface area contributed by atoms with Crippen LogP contribution in [0.2, 0.25) is 0 Å². The average Bonchev–Trinajstić information content (AvgIpc) is 3.10. The lowest BCUT2D eigenvalue weighted by Crippen LogP contribution is -2.47. The number of sulfonamides is 1. The van der Waals surface area contributed by atoms with Crippen molar-refractivity contribution in [2.45, 2.75) is 95.0 Å². The summed E-state index contributed by atoms with van der Waals surface area (Å²) in [5, 5.41) is 3.22. The van der Waals surface area contributed by atoms with Gasteiger partial charge in [0.05, 0.1) is 10.8 Å². The van der Waals surface area contributed by atoms with Gasteiger partial charge in [-0.3, -0.25) is 9.59 Å². The van der Waals surface area contributed by atoms with Crippen LogP contribution in [0.15, 0.2) is 23.1 Å². The van der Waals surface area contributed by atoms with E-state index < -0.39 is 10.0 Å². The van der Waals surface area contributed by atoms with Crippen molar-refractivity contribution in [3.8, 4) is 0 Å². The van der Waals surface area contributed by atoms with Crippen LogP contribution in [-0.2, 0) is 26.0 Å². The lowest BCUT2D eigenvalue weighted by atomic mass is 9.94. The molecule has 1 aromatic rings. The molecule has 1 saturated carbocycles. The van der Waals surface area contributed by atoms with E-state index in [1.165, 1.54) is 30.5 Å². The van der Waals surface area contributed by atoms with E-state index in [4.69, 9.17) is 0 Å². The van der Waals surface area contributed by atoms with Crippen molar-refractivity contribution in [3.63, 3.8) is 0 Å². The number of nitrogens with one attached hydrogen (secondary N) is 1. The number of piperidine rings is 1. The van der Waals surface area contributed by atoms with Crippen LogP contribution < -0.4 is 10.2 Å². The zero-order valence-corrected chi connectivity index (χ0v) is 20.7. The predicted octanol–water partition coefficient (Wildman–Crippen LogP) is 3.61. The summed E-state index contributed by atoms with van der Waals surface area (Å²) in [7, 11) is -3.70. The molecule has 2 fully saturated rings. The van der Waals surface area contributed by atoms with E-state index in [1.807, 2.05) is 6.92 Å². The highest BCUT2D eigenvalue weighted by atomic mass is 32.2. The number of carbonyl (C=O) groups excluding carboxylic acids is 2. The minimum atomic E-state index is -3.70. The molecule has 1 aromatic carbocycles. The molecule has 1 N–H and O–H groups in total. The van der Waals surface area contributed by atoms with Gasteiger partial charge in [0.15, 0.2) is 0 Å². The first kappa shape index (κ1) is 24.2. The number of amides is 2. The molecule has 8 heteroatoms. The molecule has 2 amide bonds. The number of hydrogen-bond donors (Lipinski definition) is 1. The van der Waals surface area contributed by atoms with Crippen LogP contribution in [0.3, 0.4) is 0 Å². The molecule has 3 aliphatic rings. The van der Waals surface area contributed by atoms with Crippen LogP contribution in [0.25, 0.3) is 0 Å². The Kier molecular flexibility index (Phi) is 7.43. The van der Waals surface area contributed by atoms with Gasteiger partial charge >= 0.3 is 0 Å². The van der Waals surface area contributed by atoms with Crippen LogP contribution in [0.5, 0.6) is 0 Å². The van der Waals surface area contributed by atoms with E-state index in [9.17, 15) is 18.0 Å². The Morgan fingerprint density at radius 2 is 1.70 bits per heavy atom. The Bertz CT molecular complexity index is 985. The number of rotatable bonds is 4. The summed E-state index contributed by atoms with van der Waals surface area (Å²) >= 11 is 0. The SMILES string of the molecule is CC(=O)N1c2ccc(S(=O)(=O)N3CCCC(C(=O)NC4CCCCCCC4)C3)cc2CC1C. The molecule has 2 heterocycles.